The lowest BCUT2D eigenvalue weighted by atomic mass is 10.2. The van der Waals surface area contributed by atoms with Gasteiger partial charge < -0.3 is 9.47 Å². The van der Waals surface area contributed by atoms with Gasteiger partial charge in [-0.3, -0.25) is 0 Å². The summed E-state index contributed by atoms with van der Waals surface area (Å²) in [7, 11) is -0.239. The summed E-state index contributed by atoms with van der Waals surface area (Å²) >= 11 is 0. The van der Waals surface area contributed by atoms with Crippen LogP contribution in [-0.2, 0) is 15.6 Å². The third-order valence-electron chi connectivity index (χ3n) is 2.93. The molecule has 0 aromatic heterocycles. The van der Waals surface area contributed by atoms with E-state index in [1.165, 1.54) is 0 Å². The predicted molar refractivity (Wildman–Crippen MR) is 76.9 cm³/mol. The van der Waals surface area contributed by atoms with Crippen LogP contribution in [0.4, 0.5) is 0 Å². The number of hydrogen-bond acceptors (Lipinski definition) is 4. The second-order valence-electron chi connectivity index (χ2n) is 4.28. The normalized spacial score (nSPS) is 11.1. The average Bonchev–Trinajstić information content (AvgIpc) is 2.48. The third kappa shape index (κ3) is 3.30. The van der Waals surface area contributed by atoms with Crippen LogP contribution >= 0.6 is 0 Å². The number of hydrogen-bond donors (Lipinski definition) is 0. The van der Waals surface area contributed by atoms with Gasteiger partial charge >= 0.3 is 0 Å². The van der Waals surface area contributed by atoms with Crippen molar-refractivity contribution in [2.45, 2.75) is 10.6 Å². The van der Waals surface area contributed by atoms with Crippen molar-refractivity contribution in [3.63, 3.8) is 0 Å². The maximum absolute atomic E-state index is 12.3. The highest BCUT2D eigenvalue weighted by atomic mass is 32.2. The van der Waals surface area contributed by atoms with E-state index in [-0.39, 0.29) is 10.6 Å². The molecule has 5 heteroatoms. The maximum Gasteiger partial charge on any atom is 0.182 e. The molecule has 0 saturated carbocycles. The van der Waals surface area contributed by atoms with Crippen LogP contribution in [-0.4, -0.2) is 22.6 Å². The molecule has 0 N–H and O–H groups in total. The van der Waals surface area contributed by atoms with Crippen molar-refractivity contribution in [2.24, 2.45) is 0 Å². The Morgan fingerprint density at radius 1 is 0.800 bits per heavy atom. The Kier molecular flexibility index (Phi) is 4.29. The molecule has 2 aromatic carbocycles. The van der Waals surface area contributed by atoms with E-state index in [1.807, 2.05) is 0 Å². The Morgan fingerprint density at radius 3 is 1.70 bits per heavy atom. The van der Waals surface area contributed by atoms with E-state index in [0.29, 0.717) is 11.5 Å². The number of sulfone groups is 1. The Labute approximate surface area is 118 Å². The van der Waals surface area contributed by atoms with Gasteiger partial charge in [-0.05, 0) is 42.0 Å². The highest BCUT2D eigenvalue weighted by Gasteiger charge is 2.15. The van der Waals surface area contributed by atoms with E-state index >= 15 is 0 Å². The second-order valence-corrected chi connectivity index (χ2v) is 6.27. The first-order valence-corrected chi connectivity index (χ1v) is 7.70. The van der Waals surface area contributed by atoms with Gasteiger partial charge in [-0.25, -0.2) is 8.42 Å². The fourth-order valence-electron chi connectivity index (χ4n) is 1.81. The summed E-state index contributed by atoms with van der Waals surface area (Å²) in [4.78, 5) is 0.286. The zero-order chi connectivity index (χ0) is 14.6. The quantitative estimate of drug-likeness (QED) is 0.850. The number of rotatable bonds is 5. The van der Waals surface area contributed by atoms with Crippen molar-refractivity contribution >= 4 is 9.84 Å². The first kappa shape index (κ1) is 14.4. The number of methoxy groups -OCH3 is 2. The van der Waals surface area contributed by atoms with Gasteiger partial charge in [0.25, 0.3) is 0 Å². The summed E-state index contributed by atoms with van der Waals surface area (Å²) in [6.45, 7) is 0. The summed E-state index contributed by atoms with van der Waals surface area (Å²) in [6.07, 6.45) is 0. The van der Waals surface area contributed by atoms with Gasteiger partial charge in [-0.1, -0.05) is 12.1 Å². The van der Waals surface area contributed by atoms with Gasteiger partial charge in [0, 0.05) is 0 Å². The number of benzene rings is 2. The Morgan fingerprint density at radius 2 is 1.25 bits per heavy atom. The summed E-state index contributed by atoms with van der Waals surface area (Å²) in [6, 6.07) is 13.4. The van der Waals surface area contributed by atoms with Crippen molar-refractivity contribution in [2.75, 3.05) is 14.2 Å². The molecule has 0 radical (unpaired) electrons. The zero-order valence-corrected chi connectivity index (χ0v) is 12.2. The first-order chi connectivity index (χ1) is 9.55. The van der Waals surface area contributed by atoms with E-state index in [9.17, 15) is 8.42 Å². The van der Waals surface area contributed by atoms with Gasteiger partial charge in [0.15, 0.2) is 9.84 Å². The minimum atomic E-state index is -3.35. The van der Waals surface area contributed by atoms with Crippen LogP contribution < -0.4 is 9.47 Å². The smallest absolute Gasteiger partial charge is 0.182 e. The largest absolute Gasteiger partial charge is 0.497 e. The molecule has 2 aromatic rings. The summed E-state index contributed by atoms with van der Waals surface area (Å²) in [5.41, 5.74) is 0.724. The Bertz CT molecular complexity index is 658. The molecule has 4 nitrogen and oxygen atoms in total. The molecule has 0 spiro atoms. The summed E-state index contributed by atoms with van der Waals surface area (Å²) < 4.78 is 34.6. The lowest BCUT2D eigenvalue weighted by Crippen LogP contribution is -2.04. The topological polar surface area (TPSA) is 52.6 Å². The van der Waals surface area contributed by atoms with E-state index in [0.717, 1.165) is 5.56 Å². The van der Waals surface area contributed by atoms with Crippen LogP contribution in [0.25, 0.3) is 0 Å². The monoisotopic (exact) mass is 292 g/mol. The lowest BCUT2D eigenvalue weighted by Gasteiger charge is -2.07. The molecule has 0 heterocycles. The average molecular weight is 292 g/mol. The predicted octanol–water partition coefficient (Wildman–Crippen LogP) is 2.68. The Hall–Kier alpha value is -2.01. The van der Waals surface area contributed by atoms with E-state index in [1.54, 1.807) is 62.8 Å². The van der Waals surface area contributed by atoms with Crippen LogP contribution in [0.3, 0.4) is 0 Å². The molecular weight excluding hydrogens is 276 g/mol. The molecule has 2 rings (SSSR count). The highest BCUT2D eigenvalue weighted by molar-refractivity contribution is 7.90. The fourth-order valence-corrected chi connectivity index (χ4v) is 3.16. The van der Waals surface area contributed by atoms with Crippen molar-refractivity contribution < 1.29 is 17.9 Å². The van der Waals surface area contributed by atoms with Crippen LogP contribution in [0.2, 0.25) is 0 Å². The SMILES string of the molecule is COc1ccc(CS(=O)(=O)c2ccc(OC)cc2)cc1. The van der Waals surface area contributed by atoms with E-state index in [4.69, 9.17) is 9.47 Å². The van der Waals surface area contributed by atoms with Crippen LogP contribution in [0.5, 0.6) is 11.5 Å². The Balaban J connectivity index is 2.20. The standard InChI is InChI=1S/C15H16O4S/c1-18-13-5-3-12(4-6-13)11-20(16,17)15-9-7-14(19-2)8-10-15/h3-10H,11H2,1-2H3. The molecule has 0 bridgehead atoms. The highest BCUT2D eigenvalue weighted by Crippen LogP contribution is 2.21. The van der Waals surface area contributed by atoms with Crippen molar-refractivity contribution in [3.8, 4) is 11.5 Å². The van der Waals surface area contributed by atoms with Crippen LogP contribution in [0, 0.1) is 0 Å². The molecule has 0 amide bonds. The van der Waals surface area contributed by atoms with Gasteiger partial charge in [0.05, 0.1) is 24.9 Å². The molecule has 0 aliphatic rings. The second kappa shape index (κ2) is 5.96. The maximum atomic E-state index is 12.3. The molecule has 0 atom stereocenters. The lowest BCUT2D eigenvalue weighted by molar-refractivity contribution is 0.414. The van der Waals surface area contributed by atoms with Crippen molar-refractivity contribution in [1.82, 2.24) is 0 Å². The van der Waals surface area contributed by atoms with Gasteiger partial charge in [0.1, 0.15) is 11.5 Å². The molecular formula is C15H16O4S. The molecule has 0 aliphatic carbocycles. The van der Waals surface area contributed by atoms with Crippen molar-refractivity contribution in [3.05, 3.63) is 54.1 Å². The third-order valence-corrected chi connectivity index (χ3v) is 4.64. The molecule has 0 saturated heterocycles. The molecule has 20 heavy (non-hydrogen) atoms. The van der Waals surface area contributed by atoms with E-state index in [2.05, 4.69) is 0 Å². The van der Waals surface area contributed by atoms with Gasteiger partial charge in [-0.15, -0.1) is 0 Å². The molecule has 0 unspecified atom stereocenters. The van der Waals surface area contributed by atoms with E-state index < -0.39 is 9.84 Å². The first-order valence-electron chi connectivity index (χ1n) is 6.05. The van der Waals surface area contributed by atoms with Crippen LogP contribution in [0.15, 0.2) is 53.4 Å². The number of ether oxygens (including phenoxy) is 2. The van der Waals surface area contributed by atoms with Crippen molar-refractivity contribution in [1.29, 1.82) is 0 Å². The fraction of sp³-hybridized carbons (Fsp3) is 0.200. The molecule has 0 aliphatic heterocycles. The minimum absolute atomic E-state index is 0.0384. The van der Waals surface area contributed by atoms with Crippen LogP contribution in [0.1, 0.15) is 5.56 Å². The molecule has 106 valence electrons. The summed E-state index contributed by atoms with van der Waals surface area (Å²) in [5.74, 6) is 1.30. The zero-order valence-electron chi connectivity index (χ0n) is 11.4. The minimum Gasteiger partial charge on any atom is -0.497 e. The van der Waals surface area contributed by atoms with Gasteiger partial charge in [-0.2, -0.15) is 0 Å². The van der Waals surface area contributed by atoms with Gasteiger partial charge in [0.2, 0.25) is 0 Å². The molecule has 0 fully saturated rings. The summed E-state index contributed by atoms with van der Waals surface area (Å²) in [5, 5.41) is 0.